The number of hydrogen-bond acceptors (Lipinski definition) is 5. The van der Waals surface area contributed by atoms with E-state index in [9.17, 15) is 14.4 Å². The third kappa shape index (κ3) is 6.62. The van der Waals surface area contributed by atoms with Crippen molar-refractivity contribution in [3.63, 3.8) is 0 Å². The molecule has 10 heteroatoms. The molecule has 2 aromatic rings. The SMILES string of the molecule is O=C(O)NCCOc1cccc(C(c2ccccc2)C2CCN(C(=O)N3CC[C@@H]4OCC(=O)N[C@@H]4C3)CC2)c1. The minimum atomic E-state index is -1.07. The summed E-state index contributed by atoms with van der Waals surface area (Å²) in [4.78, 5) is 39.6. The summed E-state index contributed by atoms with van der Waals surface area (Å²) in [6, 6.07) is 18.3. The number of carboxylic acid groups (broad SMARTS) is 1. The molecule has 0 radical (unpaired) electrons. The van der Waals surface area contributed by atoms with Crippen LogP contribution in [0.3, 0.4) is 0 Å². The highest BCUT2D eigenvalue weighted by Gasteiger charge is 2.38. The number of rotatable bonds is 7. The molecule has 3 fully saturated rings. The van der Waals surface area contributed by atoms with Crippen molar-refractivity contribution in [1.82, 2.24) is 20.4 Å². The van der Waals surface area contributed by atoms with Crippen molar-refractivity contribution in [1.29, 1.82) is 0 Å². The standard InChI is InChI=1S/C29H36N4O6/c34-26-19-39-25-11-15-33(18-24(25)31-26)29(37)32-13-9-21(10-14-32)27(20-5-2-1-3-6-20)22-7-4-8-23(17-22)38-16-12-30-28(35)36/h1-8,17,21,24-25,27,30H,9-16,18-19H2,(H,31,34)(H,35,36)/t24-,25+,27?/m1/s1. The van der Waals surface area contributed by atoms with Gasteiger partial charge in [-0.1, -0.05) is 42.5 Å². The lowest BCUT2D eigenvalue weighted by atomic mass is 9.76. The molecule has 0 saturated carbocycles. The maximum atomic E-state index is 13.4. The van der Waals surface area contributed by atoms with E-state index < -0.39 is 6.09 Å². The van der Waals surface area contributed by atoms with Gasteiger partial charge in [0.2, 0.25) is 5.91 Å². The molecule has 2 aromatic carbocycles. The lowest BCUT2D eigenvalue weighted by Crippen LogP contribution is -2.62. The van der Waals surface area contributed by atoms with Gasteiger partial charge in [0, 0.05) is 32.1 Å². The normalized spacial score (nSPS) is 22.4. The van der Waals surface area contributed by atoms with Crippen LogP contribution in [0.2, 0.25) is 0 Å². The number of piperidine rings is 2. The lowest BCUT2D eigenvalue weighted by Gasteiger charge is -2.44. The summed E-state index contributed by atoms with van der Waals surface area (Å²) in [6.45, 7) is 3.04. The Hall–Kier alpha value is -3.79. The zero-order chi connectivity index (χ0) is 27.2. The van der Waals surface area contributed by atoms with Gasteiger partial charge in [0.05, 0.1) is 18.7 Å². The van der Waals surface area contributed by atoms with E-state index in [2.05, 4.69) is 41.0 Å². The summed E-state index contributed by atoms with van der Waals surface area (Å²) < 4.78 is 11.4. The number of nitrogens with zero attached hydrogens (tertiary/aromatic N) is 2. The zero-order valence-corrected chi connectivity index (χ0v) is 22.0. The number of hydrogen-bond donors (Lipinski definition) is 3. The van der Waals surface area contributed by atoms with Gasteiger partial charge in [0.1, 0.15) is 19.0 Å². The van der Waals surface area contributed by atoms with Gasteiger partial charge in [0.15, 0.2) is 0 Å². The Balaban J connectivity index is 1.23. The van der Waals surface area contributed by atoms with Gasteiger partial charge < -0.3 is 35.0 Å². The molecule has 3 heterocycles. The van der Waals surface area contributed by atoms with Crippen LogP contribution in [0.1, 0.15) is 36.3 Å². The molecule has 4 amide bonds. The monoisotopic (exact) mass is 536 g/mol. The molecule has 39 heavy (non-hydrogen) atoms. The van der Waals surface area contributed by atoms with Crippen LogP contribution in [0.5, 0.6) is 5.75 Å². The largest absolute Gasteiger partial charge is 0.492 e. The molecule has 1 unspecified atom stereocenters. The smallest absolute Gasteiger partial charge is 0.404 e. The number of likely N-dealkylation sites (tertiary alicyclic amines) is 2. The third-order valence-electron chi connectivity index (χ3n) is 7.90. The first-order chi connectivity index (χ1) is 19.0. The summed E-state index contributed by atoms with van der Waals surface area (Å²) in [7, 11) is 0. The second-order valence-electron chi connectivity index (χ2n) is 10.4. The summed E-state index contributed by atoms with van der Waals surface area (Å²) >= 11 is 0. The number of ether oxygens (including phenoxy) is 2. The fourth-order valence-electron chi connectivity index (χ4n) is 6.02. The maximum absolute atomic E-state index is 13.4. The average Bonchev–Trinajstić information content (AvgIpc) is 2.96. The van der Waals surface area contributed by atoms with E-state index in [0.717, 1.165) is 24.8 Å². The molecule has 0 bridgehead atoms. The van der Waals surface area contributed by atoms with Crippen molar-refractivity contribution in [2.45, 2.75) is 37.3 Å². The number of carbonyl (C=O) groups is 3. The van der Waals surface area contributed by atoms with E-state index in [4.69, 9.17) is 14.6 Å². The average molecular weight is 537 g/mol. The summed E-state index contributed by atoms with van der Waals surface area (Å²) in [5.74, 6) is 1.08. The second kappa shape index (κ2) is 12.4. The highest BCUT2D eigenvalue weighted by atomic mass is 16.5. The molecule has 3 aliphatic heterocycles. The van der Waals surface area contributed by atoms with Crippen LogP contribution in [0, 0.1) is 5.92 Å². The minimum absolute atomic E-state index is 0.0164. The van der Waals surface area contributed by atoms with Crippen molar-refractivity contribution in [3.8, 4) is 5.75 Å². The van der Waals surface area contributed by atoms with Gasteiger partial charge in [-0.15, -0.1) is 0 Å². The van der Waals surface area contributed by atoms with E-state index in [1.165, 1.54) is 5.56 Å². The highest BCUT2D eigenvalue weighted by molar-refractivity contribution is 5.79. The van der Waals surface area contributed by atoms with E-state index >= 15 is 0 Å². The molecule has 0 aliphatic carbocycles. The molecule has 208 valence electrons. The number of nitrogens with one attached hydrogen (secondary N) is 2. The Morgan fingerprint density at radius 2 is 1.77 bits per heavy atom. The number of benzene rings is 2. The molecule has 0 aromatic heterocycles. The third-order valence-corrected chi connectivity index (χ3v) is 7.90. The quantitative estimate of drug-likeness (QED) is 0.468. The molecular formula is C29H36N4O6. The van der Waals surface area contributed by atoms with Crippen LogP contribution in [0.15, 0.2) is 54.6 Å². The topological polar surface area (TPSA) is 120 Å². The van der Waals surface area contributed by atoms with Gasteiger partial charge in [0.25, 0.3) is 0 Å². The maximum Gasteiger partial charge on any atom is 0.404 e. The predicted molar refractivity (Wildman–Crippen MR) is 144 cm³/mol. The first-order valence-electron chi connectivity index (χ1n) is 13.7. The van der Waals surface area contributed by atoms with Gasteiger partial charge >= 0.3 is 12.1 Å². The molecule has 0 spiro atoms. The number of urea groups is 1. The minimum Gasteiger partial charge on any atom is -0.492 e. The Morgan fingerprint density at radius 3 is 2.54 bits per heavy atom. The van der Waals surface area contributed by atoms with Crippen LogP contribution in [0.4, 0.5) is 9.59 Å². The fraction of sp³-hybridized carbons (Fsp3) is 0.483. The van der Waals surface area contributed by atoms with E-state index in [-0.39, 0.29) is 49.8 Å². The van der Waals surface area contributed by atoms with Crippen LogP contribution >= 0.6 is 0 Å². The predicted octanol–water partition coefficient (Wildman–Crippen LogP) is 2.89. The Kier molecular flexibility index (Phi) is 8.51. The number of morpholine rings is 1. The summed E-state index contributed by atoms with van der Waals surface area (Å²) in [6.07, 6.45) is 1.39. The molecule has 3 saturated heterocycles. The van der Waals surface area contributed by atoms with E-state index in [1.54, 1.807) is 0 Å². The van der Waals surface area contributed by atoms with E-state index in [0.29, 0.717) is 37.8 Å². The molecule has 10 nitrogen and oxygen atoms in total. The molecule has 3 N–H and O–H groups in total. The number of amides is 4. The summed E-state index contributed by atoms with van der Waals surface area (Å²) in [5.41, 5.74) is 2.37. The summed E-state index contributed by atoms with van der Waals surface area (Å²) in [5, 5.41) is 14.1. The first kappa shape index (κ1) is 26.8. The van der Waals surface area contributed by atoms with Gasteiger partial charge in [-0.25, -0.2) is 9.59 Å². The van der Waals surface area contributed by atoms with E-state index in [1.807, 2.05) is 34.1 Å². The van der Waals surface area contributed by atoms with Crippen LogP contribution < -0.4 is 15.4 Å². The highest BCUT2D eigenvalue weighted by Crippen LogP contribution is 2.39. The van der Waals surface area contributed by atoms with Crippen molar-refractivity contribution in [3.05, 3.63) is 65.7 Å². The molecular weight excluding hydrogens is 500 g/mol. The van der Waals surface area contributed by atoms with Crippen molar-refractivity contribution in [2.75, 3.05) is 45.9 Å². The van der Waals surface area contributed by atoms with Crippen LogP contribution in [-0.2, 0) is 9.53 Å². The van der Waals surface area contributed by atoms with Gasteiger partial charge in [-0.2, -0.15) is 0 Å². The van der Waals surface area contributed by atoms with Crippen LogP contribution in [-0.4, -0.2) is 91.0 Å². The van der Waals surface area contributed by atoms with Gasteiger partial charge in [-0.3, -0.25) is 4.79 Å². The molecule has 5 rings (SSSR count). The van der Waals surface area contributed by atoms with Crippen molar-refractivity contribution >= 4 is 18.0 Å². The fourth-order valence-corrected chi connectivity index (χ4v) is 6.02. The Bertz CT molecular complexity index is 1150. The van der Waals surface area contributed by atoms with Crippen molar-refractivity contribution < 1.29 is 29.0 Å². The van der Waals surface area contributed by atoms with Crippen LogP contribution in [0.25, 0.3) is 0 Å². The lowest BCUT2D eigenvalue weighted by molar-refractivity contribution is -0.139. The number of carbonyl (C=O) groups excluding carboxylic acids is 2. The second-order valence-corrected chi connectivity index (χ2v) is 10.4. The molecule has 3 aliphatic rings. The molecule has 3 atom stereocenters. The first-order valence-corrected chi connectivity index (χ1v) is 13.7. The van der Waals surface area contributed by atoms with Crippen molar-refractivity contribution in [2.24, 2.45) is 5.92 Å². The zero-order valence-electron chi connectivity index (χ0n) is 22.0. The van der Waals surface area contributed by atoms with Gasteiger partial charge in [-0.05, 0) is 48.4 Å². The Morgan fingerprint density at radius 1 is 1.03 bits per heavy atom. The number of fused-ring (bicyclic) bond motifs is 1. The Labute approximate surface area is 228 Å².